The third-order valence-electron chi connectivity index (χ3n) is 8.45. The minimum absolute atomic E-state index is 0.284. The molecule has 48 heavy (non-hydrogen) atoms. The molecule has 7 heteroatoms. The Kier molecular flexibility index (Phi) is 33.5. The van der Waals surface area contributed by atoms with Gasteiger partial charge in [0.2, 0.25) is 5.91 Å². The van der Waals surface area contributed by atoms with Crippen molar-refractivity contribution in [2.24, 2.45) is 0 Å². The Morgan fingerprint density at radius 3 is 1.48 bits per heavy atom. The SMILES string of the molecule is CC/C=C\C/C=C\C/C=C\C/C=C\CCCCCCCCCCC(=O)NC(CS(=O)(=O)O)C(O)/C=C/CCCCCCCCCCCC. The molecule has 0 saturated heterocycles. The molecule has 0 fully saturated rings. The lowest BCUT2D eigenvalue weighted by molar-refractivity contribution is -0.122. The van der Waals surface area contributed by atoms with Crippen LogP contribution >= 0.6 is 0 Å². The Morgan fingerprint density at radius 1 is 0.583 bits per heavy atom. The molecular weight excluding hydrogens is 619 g/mol. The largest absolute Gasteiger partial charge is 0.387 e. The zero-order chi connectivity index (χ0) is 35.4. The first kappa shape index (κ1) is 46.0. The van der Waals surface area contributed by atoms with E-state index in [0.29, 0.717) is 0 Å². The van der Waals surface area contributed by atoms with Crippen molar-refractivity contribution in [1.29, 1.82) is 0 Å². The zero-order valence-corrected chi connectivity index (χ0v) is 31.7. The summed E-state index contributed by atoms with van der Waals surface area (Å²) in [5.41, 5.74) is 0. The summed E-state index contributed by atoms with van der Waals surface area (Å²) in [6.07, 6.45) is 47.7. The lowest BCUT2D eigenvalue weighted by Gasteiger charge is -2.21. The minimum atomic E-state index is -4.34. The summed E-state index contributed by atoms with van der Waals surface area (Å²) < 4.78 is 32.4. The molecule has 0 aromatic rings. The van der Waals surface area contributed by atoms with Crippen LogP contribution in [0.1, 0.15) is 174 Å². The fourth-order valence-corrected chi connectivity index (χ4v) is 6.29. The summed E-state index contributed by atoms with van der Waals surface area (Å²) in [4.78, 5) is 12.5. The van der Waals surface area contributed by atoms with Crippen LogP contribution in [0.2, 0.25) is 0 Å². The van der Waals surface area contributed by atoms with E-state index in [9.17, 15) is 22.9 Å². The molecule has 0 aliphatic rings. The Hall–Kier alpha value is -1.96. The van der Waals surface area contributed by atoms with Gasteiger partial charge in [-0.2, -0.15) is 8.42 Å². The van der Waals surface area contributed by atoms with Crippen LogP contribution in [0, 0.1) is 0 Å². The number of allylic oxidation sites excluding steroid dienone is 9. The Labute approximate surface area is 296 Å². The number of carbonyl (C=O) groups excluding carboxylic acids is 1. The average Bonchev–Trinajstić information content (AvgIpc) is 3.05. The maximum absolute atomic E-state index is 12.5. The highest BCUT2D eigenvalue weighted by Crippen LogP contribution is 2.13. The van der Waals surface area contributed by atoms with Gasteiger partial charge in [0.1, 0.15) is 0 Å². The van der Waals surface area contributed by atoms with Crippen LogP contribution in [0.15, 0.2) is 60.8 Å². The van der Waals surface area contributed by atoms with Crippen molar-refractivity contribution in [3.05, 3.63) is 60.8 Å². The molecule has 3 N–H and O–H groups in total. The topological polar surface area (TPSA) is 104 Å². The number of nitrogens with one attached hydrogen (secondary N) is 1. The molecule has 278 valence electrons. The third-order valence-corrected chi connectivity index (χ3v) is 9.23. The van der Waals surface area contributed by atoms with E-state index < -0.39 is 28.0 Å². The van der Waals surface area contributed by atoms with Crippen molar-refractivity contribution < 1.29 is 22.9 Å². The molecule has 0 rings (SSSR count). The quantitative estimate of drug-likeness (QED) is 0.0354. The number of amides is 1. The summed E-state index contributed by atoms with van der Waals surface area (Å²) in [6, 6.07) is -1.06. The van der Waals surface area contributed by atoms with E-state index in [-0.39, 0.29) is 12.3 Å². The molecule has 0 saturated carbocycles. The first-order valence-corrected chi connectivity index (χ1v) is 21.1. The van der Waals surface area contributed by atoms with Gasteiger partial charge in [-0.05, 0) is 57.8 Å². The Morgan fingerprint density at radius 2 is 1.00 bits per heavy atom. The van der Waals surface area contributed by atoms with E-state index in [1.54, 1.807) is 6.08 Å². The number of hydrogen-bond donors (Lipinski definition) is 3. The summed E-state index contributed by atoms with van der Waals surface area (Å²) in [6.45, 7) is 4.39. The molecule has 0 aromatic heterocycles. The van der Waals surface area contributed by atoms with Crippen LogP contribution in [0.5, 0.6) is 0 Å². The van der Waals surface area contributed by atoms with Gasteiger partial charge in [-0.15, -0.1) is 0 Å². The summed E-state index contributed by atoms with van der Waals surface area (Å²) >= 11 is 0. The second-order valence-corrected chi connectivity index (χ2v) is 14.7. The van der Waals surface area contributed by atoms with E-state index in [4.69, 9.17) is 0 Å². The van der Waals surface area contributed by atoms with Gasteiger partial charge >= 0.3 is 0 Å². The Bertz CT molecular complexity index is 983. The monoisotopic (exact) mass is 692 g/mol. The average molecular weight is 692 g/mol. The van der Waals surface area contributed by atoms with E-state index in [0.717, 1.165) is 77.0 Å². The van der Waals surface area contributed by atoms with Crippen molar-refractivity contribution in [2.45, 2.75) is 187 Å². The third kappa shape index (κ3) is 35.3. The molecule has 0 bridgehead atoms. The normalized spacial score (nSPS) is 14.0. The number of aliphatic hydroxyl groups excluding tert-OH is 1. The molecule has 0 aromatic carbocycles. The van der Waals surface area contributed by atoms with Gasteiger partial charge in [0, 0.05) is 6.42 Å². The van der Waals surface area contributed by atoms with Crippen LogP contribution in [-0.4, -0.2) is 41.9 Å². The van der Waals surface area contributed by atoms with Gasteiger partial charge in [-0.1, -0.05) is 171 Å². The number of hydrogen-bond acceptors (Lipinski definition) is 4. The second kappa shape index (κ2) is 34.9. The predicted octanol–water partition coefficient (Wildman–Crippen LogP) is 11.3. The highest BCUT2D eigenvalue weighted by Gasteiger charge is 2.24. The molecule has 0 heterocycles. The summed E-state index contributed by atoms with van der Waals surface area (Å²) in [5.74, 6) is -0.994. The van der Waals surface area contributed by atoms with Crippen LogP contribution in [0.3, 0.4) is 0 Å². The van der Waals surface area contributed by atoms with Crippen LogP contribution in [-0.2, 0) is 14.9 Å². The first-order valence-electron chi connectivity index (χ1n) is 19.5. The van der Waals surface area contributed by atoms with Crippen molar-refractivity contribution in [2.75, 3.05) is 5.75 Å². The lowest BCUT2D eigenvalue weighted by atomic mass is 10.1. The van der Waals surface area contributed by atoms with Crippen LogP contribution in [0.25, 0.3) is 0 Å². The van der Waals surface area contributed by atoms with Crippen molar-refractivity contribution in [3.63, 3.8) is 0 Å². The zero-order valence-electron chi connectivity index (χ0n) is 30.8. The van der Waals surface area contributed by atoms with Crippen molar-refractivity contribution >= 4 is 16.0 Å². The lowest BCUT2D eigenvalue weighted by Crippen LogP contribution is -2.46. The van der Waals surface area contributed by atoms with E-state index in [1.807, 2.05) is 6.08 Å². The minimum Gasteiger partial charge on any atom is -0.387 e. The molecule has 2 atom stereocenters. The van der Waals surface area contributed by atoms with Gasteiger partial charge in [0.25, 0.3) is 10.1 Å². The Balaban J connectivity index is 3.94. The predicted molar refractivity (Wildman–Crippen MR) is 207 cm³/mol. The molecule has 0 radical (unpaired) electrons. The molecule has 0 aliphatic carbocycles. The number of aliphatic hydroxyl groups is 1. The number of unbranched alkanes of at least 4 members (excludes halogenated alkanes) is 18. The molecule has 1 amide bonds. The van der Waals surface area contributed by atoms with E-state index in [2.05, 4.69) is 67.8 Å². The summed E-state index contributed by atoms with van der Waals surface area (Å²) in [5, 5.41) is 13.2. The second-order valence-electron chi connectivity index (χ2n) is 13.2. The van der Waals surface area contributed by atoms with Crippen molar-refractivity contribution in [3.8, 4) is 0 Å². The first-order chi connectivity index (χ1) is 23.3. The van der Waals surface area contributed by atoms with Crippen LogP contribution in [0.4, 0.5) is 0 Å². The highest BCUT2D eigenvalue weighted by atomic mass is 32.2. The van der Waals surface area contributed by atoms with Crippen LogP contribution < -0.4 is 5.32 Å². The van der Waals surface area contributed by atoms with Crippen molar-refractivity contribution in [1.82, 2.24) is 5.32 Å². The number of carbonyl (C=O) groups is 1. The van der Waals surface area contributed by atoms with Gasteiger partial charge in [0.15, 0.2) is 0 Å². The fourth-order valence-electron chi connectivity index (χ4n) is 5.56. The van der Waals surface area contributed by atoms with E-state index >= 15 is 0 Å². The van der Waals surface area contributed by atoms with Gasteiger partial charge < -0.3 is 10.4 Å². The van der Waals surface area contributed by atoms with Gasteiger partial charge in [0.05, 0.1) is 17.9 Å². The smallest absolute Gasteiger partial charge is 0.267 e. The summed E-state index contributed by atoms with van der Waals surface area (Å²) in [7, 11) is -4.34. The maximum atomic E-state index is 12.5. The maximum Gasteiger partial charge on any atom is 0.267 e. The molecule has 6 nitrogen and oxygen atoms in total. The fraction of sp³-hybridized carbons (Fsp3) is 0.732. The van der Waals surface area contributed by atoms with Gasteiger partial charge in [-0.3, -0.25) is 9.35 Å². The number of rotatable bonds is 34. The standard InChI is InChI=1S/C41H73NO5S/c1-3-5-7-9-11-13-15-17-18-19-20-21-22-23-24-25-27-29-31-33-35-37-41(44)42-39(38-48(45,46)47)40(43)36-34-32-30-28-26-16-14-12-10-8-6-4-2/h5,7,11,13,17-18,20-21,34,36,39-40,43H,3-4,6,8-10,12,14-16,19,22-33,35,37-38H2,1-2H3,(H,42,44)(H,45,46,47)/b7-5-,13-11-,18-17-,21-20-,36-34+. The van der Waals surface area contributed by atoms with Gasteiger partial charge in [-0.25, -0.2) is 0 Å². The molecule has 2 unspecified atom stereocenters. The molecular formula is C41H73NO5S. The van der Waals surface area contributed by atoms with E-state index in [1.165, 1.54) is 77.0 Å². The molecule has 0 spiro atoms. The highest BCUT2D eigenvalue weighted by molar-refractivity contribution is 7.85. The molecule has 0 aliphatic heterocycles.